The van der Waals surface area contributed by atoms with Crippen LogP contribution in [0.1, 0.15) is 47.5 Å². The maximum Gasteiger partial charge on any atom is 0.00157 e. The summed E-state index contributed by atoms with van der Waals surface area (Å²) in [6.07, 6.45) is 2.85. The molecule has 2 saturated heterocycles. The Bertz CT molecular complexity index is 269. The summed E-state index contributed by atoms with van der Waals surface area (Å²) in [4.78, 5) is 5.40. The van der Waals surface area contributed by atoms with Crippen molar-refractivity contribution in [2.75, 3.05) is 39.3 Å². The summed E-state index contributed by atoms with van der Waals surface area (Å²) in [7, 11) is 0. The second kappa shape index (κ2) is 7.26. The molecular formula is C18H36N2. The Morgan fingerprint density at radius 2 is 1.50 bits per heavy atom. The molecule has 20 heavy (non-hydrogen) atoms. The summed E-state index contributed by atoms with van der Waals surface area (Å²) in [6.45, 7) is 19.9. The summed E-state index contributed by atoms with van der Waals surface area (Å²) in [5, 5.41) is 0. The van der Waals surface area contributed by atoms with Crippen molar-refractivity contribution >= 4 is 0 Å². The number of likely N-dealkylation sites (tertiary alicyclic amines) is 2. The van der Waals surface area contributed by atoms with E-state index in [-0.39, 0.29) is 0 Å². The summed E-state index contributed by atoms with van der Waals surface area (Å²) in [5.41, 5.74) is 0. The first-order valence-corrected chi connectivity index (χ1v) is 8.96. The highest BCUT2D eigenvalue weighted by Gasteiger charge is 2.33. The zero-order chi connectivity index (χ0) is 14.7. The third-order valence-corrected chi connectivity index (χ3v) is 6.05. The van der Waals surface area contributed by atoms with Crippen LogP contribution in [0.4, 0.5) is 0 Å². The van der Waals surface area contributed by atoms with E-state index in [1.807, 2.05) is 0 Å². The topological polar surface area (TPSA) is 6.48 Å². The lowest BCUT2D eigenvalue weighted by atomic mass is 9.78. The van der Waals surface area contributed by atoms with E-state index < -0.39 is 0 Å². The largest absolute Gasteiger partial charge is 0.303 e. The fourth-order valence-electron chi connectivity index (χ4n) is 4.44. The lowest BCUT2D eigenvalue weighted by molar-refractivity contribution is 0.0423. The van der Waals surface area contributed by atoms with Crippen LogP contribution in [-0.2, 0) is 0 Å². The SMILES string of the molecule is CCN1C[C@@H](C)C(CN2CCC(C(C)C)CC2)[C@@H](C)C1. The van der Waals surface area contributed by atoms with Crippen LogP contribution in [0.3, 0.4) is 0 Å². The van der Waals surface area contributed by atoms with Gasteiger partial charge in [0.1, 0.15) is 0 Å². The molecule has 2 heteroatoms. The minimum atomic E-state index is 0.863. The third kappa shape index (κ3) is 3.98. The van der Waals surface area contributed by atoms with Gasteiger partial charge in [0.15, 0.2) is 0 Å². The van der Waals surface area contributed by atoms with Crippen LogP contribution in [0, 0.1) is 29.6 Å². The van der Waals surface area contributed by atoms with Crippen LogP contribution in [0.5, 0.6) is 0 Å². The summed E-state index contributed by atoms with van der Waals surface area (Å²) in [5.74, 6) is 4.49. The molecule has 0 saturated carbocycles. The van der Waals surface area contributed by atoms with E-state index in [1.54, 1.807) is 0 Å². The van der Waals surface area contributed by atoms with Crippen LogP contribution in [-0.4, -0.2) is 49.1 Å². The van der Waals surface area contributed by atoms with E-state index in [0.717, 1.165) is 29.6 Å². The van der Waals surface area contributed by atoms with Crippen LogP contribution >= 0.6 is 0 Å². The predicted molar refractivity (Wildman–Crippen MR) is 87.9 cm³/mol. The molecule has 2 fully saturated rings. The molecule has 0 bridgehead atoms. The monoisotopic (exact) mass is 280 g/mol. The molecular weight excluding hydrogens is 244 g/mol. The van der Waals surface area contributed by atoms with Crippen molar-refractivity contribution < 1.29 is 0 Å². The second-order valence-electron chi connectivity index (χ2n) is 7.85. The van der Waals surface area contributed by atoms with Crippen molar-refractivity contribution in [2.45, 2.75) is 47.5 Å². The van der Waals surface area contributed by atoms with Crippen molar-refractivity contribution in [2.24, 2.45) is 29.6 Å². The molecule has 0 spiro atoms. The van der Waals surface area contributed by atoms with Gasteiger partial charge in [-0.2, -0.15) is 0 Å². The molecule has 0 aromatic carbocycles. The molecule has 0 aliphatic carbocycles. The van der Waals surface area contributed by atoms with E-state index in [0.29, 0.717) is 0 Å². The Morgan fingerprint density at radius 1 is 0.950 bits per heavy atom. The van der Waals surface area contributed by atoms with Gasteiger partial charge in [-0.15, -0.1) is 0 Å². The number of piperidine rings is 2. The van der Waals surface area contributed by atoms with Gasteiger partial charge in [0, 0.05) is 19.6 Å². The molecule has 3 atom stereocenters. The second-order valence-corrected chi connectivity index (χ2v) is 7.85. The highest BCUT2D eigenvalue weighted by atomic mass is 15.2. The zero-order valence-corrected chi connectivity index (χ0v) is 14.4. The molecule has 2 heterocycles. The summed E-state index contributed by atoms with van der Waals surface area (Å²) in [6, 6.07) is 0. The van der Waals surface area contributed by atoms with Gasteiger partial charge in [0.2, 0.25) is 0 Å². The van der Waals surface area contributed by atoms with E-state index in [2.05, 4.69) is 44.4 Å². The fraction of sp³-hybridized carbons (Fsp3) is 1.00. The van der Waals surface area contributed by atoms with E-state index >= 15 is 0 Å². The molecule has 2 aliphatic heterocycles. The smallest absolute Gasteiger partial charge is 0.00157 e. The average Bonchev–Trinajstić information content (AvgIpc) is 2.43. The number of hydrogen-bond donors (Lipinski definition) is 0. The summed E-state index contributed by atoms with van der Waals surface area (Å²) >= 11 is 0. The number of hydrogen-bond acceptors (Lipinski definition) is 2. The Balaban J connectivity index is 1.81. The fourth-order valence-corrected chi connectivity index (χ4v) is 4.44. The molecule has 0 amide bonds. The van der Waals surface area contributed by atoms with Gasteiger partial charge < -0.3 is 9.80 Å². The van der Waals surface area contributed by atoms with Crippen LogP contribution < -0.4 is 0 Å². The first kappa shape index (κ1) is 16.3. The highest BCUT2D eigenvalue weighted by Crippen LogP contribution is 2.31. The zero-order valence-electron chi connectivity index (χ0n) is 14.4. The van der Waals surface area contributed by atoms with E-state index in [4.69, 9.17) is 0 Å². The van der Waals surface area contributed by atoms with E-state index in [1.165, 1.54) is 52.1 Å². The average molecular weight is 280 g/mol. The Hall–Kier alpha value is -0.0800. The van der Waals surface area contributed by atoms with Crippen molar-refractivity contribution in [1.82, 2.24) is 9.80 Å². The summed E-state index contributed by atoms with van der Waals surface area (Å²) < 4.78 is 0. The molecule has 0 aromatic rings. The number of rotatable bonds is 4. The van der Waals surface area contributed by atoms with Gasteiger partial charge in [-0.1, -0.05) is 34.6 Å². The molecule has 0 aromatic heterocycles. The van der Waals surface area contributed by atoms with Gasteiger partial charge in [-0.25, -0.2) is 0 Å². The van der Waals surface area contributed by atoms with E-state index in [9.17, 15) is 0 Å². The predicted octanol–water partition coefficient (Wildman–Crippen LogP) is 3.58. The molecule has 0 radical (unpaired) electrons. The molecule has 1 unspecified atom stereocenters. The molecule has 2 nitrogen and oxygen atoms in total. The first-order chi connectivity index (χ1) is 9.51. The van der Waals surface area contributed by atoms with Gasteiger partial charge in [0.05, 0.1) is 0 Å². The molecule has 118 valence electrons. The van der Waals surface area contributed by atoms with Crippen LogP contribution in [0.25, 0.3) is 0 Å². The molecule has 0 N–H and O–H groups in total. The van der Waals surface area contributed by atoms with Crippen molar-refractivity contribution in [1.29, 1.82) is 0 Å². The Labute approximate surface area is 126 Å². The van der Waals surface area contributed by atoms with Gasteiger partial charge in [0.25, 0.3) is 0 Å². The van der Waals surface area contributed by atoms with Gasteiger partial charge in [-0.3, -0.25) is 0 Å². The highest BCUT2D eigenvalue weighted by molar-refractivity contribution is 4.85. The Kier molecular flexibility index (Phi) is 5.92. The van der Waals surface area contributed by atoms with Gasteiger partial charge >= 0.3 is 0 Å². The normalized spacial score (nSPS) is 34.8. The van der Waals surface area contributed by atoms with Crippen molar-refractivity contribution in [3.05, 3.63) is 0 Å². The first-order valence-electron chi connectivity index (χ1n) is 8.96. The quantitative estimate of drug-likeness (QED) is 0.776. The minimum Gasteiger partial charge on any atom is -0.303 e. The number of nitrogens with zero attached hydrogens (tertiary/aromatic N) is 2. The molecule has 2 aliphatic rings. The molecule has 2 rings (SSSR count). The van der Waals surface area contributed by atoms with Crippen molar-refractivity contribution in [3.8, 4) is 0 Å². The standard InChI is InChI=1S/C18H36N2/c1-6-19-11-15(4)18(16(5)12-19)13-20-9-7-17(8-10-20)14(2)3/h14-18H,6-13H2,1-5H3/t15-,16+,18?. The maximum atomic E-state index is 2.76. The van der Waals surface area contributed by atoms with Crippen molar-refractivity contribution in [3.63, 3.8) is 0 Å². The lowest BCUT2D eigenvalue weighted by Crippen LogP contribution is -2.49. The van der Waals surface area contributed by atoms with Gasteiger partial charge in [-0.05, 0) is 62.1 Å². The van der Waals surface area contributed by atoms with Crippen LogP contribution in [0.15, 0.2) is 0 Å². The van der Waals surface area contributed by atoms with Crippen LogP contribution in [0.2, 0.25) is 0 Å². The maximum absolute atomic E-state index is 2.76. The Morgan fingerprint density at radius 3 is 1.95 bits per heavy atom. The third-order valence-electron chi connectivity index (χ3n) is 6.05. The lowest BCUT2D eigenvalue weighted by Gasteiger charge is -2.44. The minimum absolute atomic E-state index is 0.863.